The van der Waals surface area contributed by atoms with Gasteiger partial charge in [-0.15, -0.1) is 0 Å². The van der Waals surface area contributed by atoms with E-state index in [1.54, 1.807) is 16.8 Å². The van der Waals surface area contributed by atoms with Crippen molar-refractivity contribution in [2.24, 2.45) is 7.05 Å². The van der Waals surface area contributed by atoms with Crippen LogP contribution in [0.2, 0.25) is 0 Å². The molecule has 0 unspecified atom stereocenters. The summed E-state index contributed by atoms with van der Waals surface area (Å²) in [7, 11) is 1.93. The zero-order chi connectivity index (χ0) is 19.4. The minimum Gasteiger partial charge on any atom is -0.311 e. The lowest BCUT2D eigenvalue weighted by molar-refractivity contribution is -0.116. The van der Waals surface area contributed by atoms with E-state index < -0.39 is 0 Å². The molecule has 0 fully saturated rings. The lowest BCUT2D eigenvalue weighted by atomic mass is 9.86. The van der Waals surface area contributed by atoms with Crippen molar-refractivity contribution in [3.8, 4) is 5.95 Å². The van der Waals surface area contributed by atoms with Crippen molar-refractivity contribution in [2.75, 3.05) is 5.32 Å². The molecule has 0 saturated heterocycles. The highest BCUT2D eigenvalue weighted by Gasteiger charge is 2.33. The molecule has 1 aliphatic heterocycles. The average Bonchev–Trinajstić information content (AvgIpc) is 3.19. The Hall–Kier alpha value is -3.48. The van der Waals surface area contributed by atoms with Crippen LogP contribution in [0.15, 0.2) is 48.5 Å². The number of hydrogen-bond acceptors (Lipinski definition) is 3. The third kappa shape index (κ3) is 2.43. The van der Waals surface area contributed by atoms with Gasteiger partial charge in [0.25, 0.3) is 0 Å². The van der Waals surface area contributed by atoms with Gasteiger partial charge in [-0.25, -0.2) is 9.37 Å². The lowest BCUT2D eigenvalue weighted by Gasteiger charge is -2.24. The Kier molecular flexibility index (Phi) is 3.58. The largest absolute Gasteiger partial charge is 0.311 e. The first kappa shape index (κ1) is 16.7. The number of hydrogen-bond donors (Lipinski definition) is 1. The maximum Gasteiger partial charge on any atom is 0.233 e. The highest BCUT2D eigenvalue weighted by atomic mass is 19.1. The van der Waals surface area contributed by atoms with Crippen molar-refractivity contribution < 1.29 is 9.18 Å². The summed E-state index contributed by atoms with van der Waals surface area (Å²) in [5.74, 6) is 0.693. The zero-order valence-electron chi connectivity index (χ0n) is 15.5. The Morgan fingerprint density at radius 1 is 1.14 bits per heavy atom. The molecule has 1 N–H and O–H groups in total. The molecule has 3 heterocycles. The fourth-order valence-corrected chi connectivity index (χ4v) is 3.99. The van der Waals surface area contributed by atoms with E-state index in [9.17, 15) is 9.18 Å². The fraction of sp³-hybridized carbons (Fsp3) is 0.190. The van der Waals surface area contributed by atoms with Gasteiger partial charge in [0, 0.05) is 24.9 Å². The van der Waals surface area contributed by atoms with Crippen molar-refractivity contribution in [2.45, 2.75) is 19.3 Å². The highest BCUT2D eigenvalue weighted by Crippen LogP contribution is 2.40. The van der Waals surface area contributed by atoms with Crippen LogP contribution >= 0.6 is 0 Å². The van der Waals surface area contributed by atoms with Gasteiger partial charge in [-0.2, -0.15) is 9.78 Å². The molecule has 5 rings (SSSR count). The molecule has 140 valence electrons. The normalized spacial score (nSPS) is 16.2. The van der Waals surface area contributed by atoms with E-state index in [1.807, 2.05) is 42.8 Å². The van der Waals surface area contributed by atoms with Crippen LogP contribution < -0.4 is 5.32 Å². The van der Waals surface area contributed by atoms with Gasteiger partial charge in [-0.3, -0.25) is 4.79 Å². The first-order valence-corrected chi connectivity index (χ1v) is 9.09. The molecule has 1 aliphatic rings. The summed E-state index contributed by atoms with van der Waals surface area (Å²) >= 11 is 0. The van der Waals surface area contributed by atoms with Gasteiger partial charge in [0.05, 0.1) is 16.7 Å². The predicted octanol–water partition coefficient (Wildman–Crippen LogP) is 3.68. The van der Waals surface area contributed by atoms with Crippen molar-refractivity contribution in [1.29, 1.82) is 0 Å². The molecule has 1 atom stereocenters. The topological polar surface area (TPSA) is 64.7 Å². The number of imidazole rings is 1. The number of para-hydroxylation sites is 2. The molecule has 0 saturated carbocycles. The summed E-state index contributed by atoms with van der Waals surface area (Å²) in [6.45, 7) is 1.92. The summed E-state index contributed by atoms with van der Waals surface area (Å²) in [5.41, 5.74) is 4.50. The number of carbonyl (C=O) groups is 1. The van der Waals surface area contributed by atoms with Crippen molar-refractivity contribution in [3.63, 3.8) is 0 Å². The maximum absolute atomic E-state index is 13.4. The second kappa shape index (κ2) is 6.02. The average molecular weight is 375 g/mol. The van der Waals surface area contributed by atoms with Crippen molar-refractivity contribution in [1.82, 2.24) is 19.3 Å². The number of anilines is 1. The monoisotopic (exact) mass is 375 g/mol. The van der Waals surface area contributed by atoms with Crippen LogP contribution in [0.4, 0.5) is 10.2 Å². The van der Waals surface area contributed by atoms with Crippen LogP contribution in [0.25, 0.3) is 17.0 Å². The lowest BCUT2D eigenvalue weighted by Crippen LogP contribution is -2.25. The van der Waals surface area contributed by atoms with Gasteiger partial charge in [0.15, 0.2) is 0 Å². The number of rotatable bonds is 2. The van der Waals surface area contributed by atoms with E-state index in [4.69, 9.17) is 10.1 Å². The smallest absolute Gasteiger partial charge is 0.233 e. The minimum absolute atomic E-state index is 0.0956. The van der Waals surface area contributed by atoms with Crippen LogP contribution in [0.5, 0.6) is 0 Å². The van der Waals surface area contributed by atoms with Gasteiger partial charge in [0.2, 0.25) is 11.9 Å². The third-order valence-electron chi connectivity index (χ3n) is 5.33. The summed E-state index contributed by atoms with van der Waals surface area (Å²) in [5, 5.41) is 7.66. The molecule has 28 heavy (non-hydrogen) atoms. The predicted molar refractivity (Wildman–Crippen MR) is 104 cm³/mol. The van der Waals surface area contributed by atoms with Gasteiger partial charge in [-0.1, -0.05) is 24.3 Å². The van der Waals surface area contributed by atoms with E-state index in [1.165, 1.54) is 12.1 Å². The molecule has 0 spiro atoms. The Balaban J connectivity index is 1.71. The molecule has 7 heteroatoms. The number of fused-ring (bicyclic) bond motifs is 2. The number of aromatic nitrogens is 4. The van der Waals surface area contributed by atoms with Gasteiger partial charge in [0.1, 0.15) is 11.6 Å². The zero-order valence-corrected chi connectivity index (χ0v) is 15.5. The summed E-state index contributed by atoms with van der Waals surface area (Å²) in [4.78, 5) is 17.2. The third-order valence-corrected chi connectivity index (χ3v) is 5.33. The second-order valence-electron chi connectivity index (χ2n) is 7.08. The minimum atomic E-state index is -0.295. The van der Waals surface area contributed by atoms with E-state index in [-0.39, 0.29) is 17.6 Å². The van der Waals surface area contributed by atoms with E-state index in [0.717, 1.165) is 27.9 Å². The number of nitrogens with zero attached hydrogens (tertiary/aromatic N) is 4. The SMILES string of the molecule is Cc1nn(-c2nc3ccccc3n2C)c2c1[C@@H](c1ccc(F)cc1)CC(=O)N2. The van der Waals surface area contributed by atoms with Crippen molar-refractivity contribution >= 4 is 22.8 Å². The van der Waals surface area contributed by atoms with E-state index >= 15 is 0 Å². The maximum atomic E-state index is 13.4. The molecular formula is C21H18FN5O. The van der Waals surface area contributed by atoms with Crippen LogP contribution in [-0.4, -0.2) is 25.2 Å². The van der Waals surface area contributed by atoms with E-state index in [2.05, 4.69) is 5.32 Å². The van der Waals surface area contributed by atoms with Crippen LogP contribution in [-0.2, 0) is 11.8 Å². The number of amides is 1. The molecule has 2 aromatic heterocycles. The molecule has 4 aromatic rings. The Morgan fingerprint density at radius 3 is 2.64 bits per heavy atom. The van der Waals surface area contributed by atoms with Gasteiger partial charge >= 0.3 is 0 Å². The number of carbonyl (C=O) groups excluding carboxylic acids is 1. The molecule has 2 aromatic carbocycles. The first-order chi connectivity index (χ1) is 13.5. The number of nitrogens with one attached hydrogen (secondary N) is 1. The number of halogens is 1. The quantitative estimate of drug-likeness (QED) is 0.581. The number of aryl methyl sites for hydroxylation is 2. The molecule has 1 amide bonds. The van der Waals surface area contributed by atoms with Gasteiger partial charge < -0.3 is 9.88 Å². The Morgan fingerprint density at radius 2 is 1.89 bits per heavy atom. The Bertz CT molecular complexity index is 1220. The Labute approximate surface area is 160 Å². The molecular weight excluding hydrogens is 357 g/mol. The second-order valence-corrected chi connectivity index (χ2v) is 7.08. The van der Waals surface area contributed by atoms with Crippen LogP contribution in [0.3, 0.4) is 0 Å². The highest BCUT2D eigenvalue weighted by molar-refractivity contribution is 5.95. The summed E-state index contributed by atoms with van der Waals surface area (Å²) < 4.78 is 17.0. The van der Waals surface area contributed by atoms with Crippen LogP contribution in [0.1, 0.15) is 29.2 Å². The number of benzene rings is 2. The molecule has 0 radical (unpaired) electrons. The first-order valence-electron chi connectivity index (χ1n) is 9.09. The summed E-state index contributed by atoms with van der Waals surface area (Å²) in [6.07, 6.45) is 0.299. The standard InChI is InChI=1S/C21H18FN5O/c1-12-19-15(13-7-9-14(22)10-8-13)11-18(28)24-20(19)27(25-12)21-23-16-5-3-4-6-17(16)26(21)2/h3-10,15H,11H2,1-2H3,(H,24,28)/t15-/m1/s1. The molecule has 6 nitrogen and oxygen atoms in total. The van der Waals surface area contributed by atoms with E-state index in [0.29, 0.717) is 18.2 Å². The van der Waals surface area contributed by atoms with Crippen molar-refractivity contribution in [3.05, 3.63) is 71.2 Å². The van der Waals surface area contributed by atoms with Gasteiger partial charge in [-0.05, 0) is 36.8 Å². The van der Waals surface area contributed by atoms with Crippen LogP contribution in [0, 0.1) is 12.7 Å². The summed E-state index contributed by atoms with van der Waals surface area (Å²) in [6, 6.07) is 14.2. The fourth-order valence-electron chi connectivity index (χ4n) is 3.99. The molecule has 0 aliphatic carbocycles. The molecule has 0 bridgehead atoms.